The van der Waals surface area contributed by atoms with Gasteiger partial charge in [0.25, 0.3) is 5.56 Å². The Morgan fingerprint density at radius 1 is 0.956 bits per heavy atom. The van der Waals surface area contributed by atoms with Crippen molar-refractivity contribution in [2.75, 3.05) is 33.4 Å². The smallest absolute Gasteiger partial charge is 0.258 e. The average Bonchev–Trinajstić information content (AvgIpc) is 3.60. The van der Waals surface area contributed by atoms with E-state index in [0.717, 1.165) is 24.8 Å². The molecule has 3 aromatic rings. The SMILES string of the molecule is CCC1(n2cc(C(C)=O)cc(C3=CCOC3)c2=O)CC1.Cc1ccc(C(=C2CC3(C2)CN(C)C3)c2ccc(C(C)C)cc2)cc1. The van der Waals surface area contributed by atoms with Crippen LogP contribution in [0.1, 0.15) is 104 Å². The van der Waals surface area contributed by atoms with Gasteiger partial charge in [-0.3, -0.25) is 9.59 Å². The number of ketones is 1. The Kier molecular flexibility index (Phi) is 8.62. The molecule has 0 bridgehead atoms. The summed E-state index contributed by atoms with van der Waals surface area (Å²) in [6.07, 6.45) is 9.15. The highest BCUT2D eigenvalue weighted by Gasteiger charge is 2.49. The summed E-state index contributed by atoms with van der Waals surface area (Å²) in [5, 5.41) is 0. The van der Waals surface area contributed by atoms with Gasteiger partial charge in [-0.1, -0.05) is 86.5 Å². The number of benzene rings is 2. The number of pyridine rings is 1. The van der Waals surface area contributed by atoms with E-state index in [4.69, 9.17) is 4.74 Å². The molecule has 7 rings (SSSR count). The van der Waals surface area contributed by atoms with Crippen molar-refractivity contribution in [3.8, 4) is 0 Å². The molecule has 0 amide bonds. The second-order valence-corrected chi connectivity index (χ2v) is 14.3. The number of hydrogen-bond acceptors (Lipinski definition) is 4. The first kappa shape index (κ1) is 31.4. The molecule has 0 radical (unpaired) electrons. The number of rotatable bonds is 7. The van der Waals surface area contributed by atoms with Crippen LogP contribution in [-0.2, 0) is 10.3 Å². The quantitative estimate of drug-likeness (QED) is 0.257. The summed E-state index contributed by atoms with van der Waals surface area (Å²) in [6, 6.07) is 20.1. The van der Waals surface area contributed by atoms with Gasteiger partial charge in [-0.15, -0.1) is 0 Å². The standard InChI is InChI=1S/C24H29N.C16H19NO3/c1-17(2)19-9-11-21(12-10-19)23(20-7-5-18(3)6-8-20)22-13-24(14-22)15-25(4)16-24;1-3-16(5-6-16)17-9-13(11(2)18)8-14(15(17)19)12-4-7-20-10-12/h5-12,17H,13-16H2,1-4H3;4,8-9H,3,5-7,10H2,1-2H3. The van der Waals surface area contributed by atoms with Crippen molar-refractivity contribution in [1.82, 2.24) is 9.47 Å². The number of carbonyl (C=O) groups excluding carboxylic acids is 1. The van der Waals surface area contributed by atoms with E-state index in [0.29, 0.717) is 35.7 Å². The average molecular weight is 605 g/mol. The Morgan fingerprint density at radius 2 is 1.58 bits per heavy atom. The lowest BCUT2D eigenvalue weighted by molar-refractivity contribution is -0.0106. The monoisotopic (exact) mass is 604 g/mol. The van der Waals surface area contributed by atoms with Crippen molar-refractivity contribution < 1.29 is 9.53 Å². The predicted molar refractivity (Wildman–Crippen MR) is 184 cm³/mol. The molecular weight excluding hydrogens is 556 g/mol. The van der Waals surface area contributed by atoms with E-state index in [1.165, 1.54) is 53.8 Å². The van der Waals surface area contributed by atoms with Crippen LogP contribution in [0, 0.1) is 12.3 Å². The molecule has 3 fully saturated rings. The van der Waals surface area contributed by atoms with E-state index in [-0.39, 0.29) is 16.9 Å². The molecule has 0 atom stereocenters. The van der Waals surface area contributed by atoms with Gasteiger partial charge in [0.1, 0.15) is 0 Å². The van der Waals surface area contributed by atoms with E-state index >= 15 is 0 Å². The van der Waals surface area contributed by atoms with Gasteiger partial charge in [0.2, 0.25) is 0 Å². The van der Waals surface area contributed by atoms with Gasteiger partial charge in [-0.25, -0.2) is 0 Å². The lowest BCUT2D eigenvalue weighted by atomic mass is 9.59. The second kappa shape index (κ2) is 12.3. The highest BCUT2D eigenvalue weighted by Crippen LogP contribution is 2.54. The molecule has 5 nitrogen and oxygen atoms in total. The molecule has 2 saturated carbocycles. The van der Waals surface area contributed by atoms with Crippen LogP contribution in [0.25, 0.3) is 11.1 Å². The van der Waals surface area contributed by atoms with Crippen molar-refractivity contribution in [2.24, 2.45) is 5.41 Å². The van der Waals surface area contributed by atoms with Crippen LogP contribution in [0.2, 0.25) is 0 Å². The first-order valence-electron chi connectivity index (χ1n) is 16.7. The number of likely N-dealkylation sites (tertiary alicyclic amines) is 1. The Hall–Kier alpha value is -3.54. The molecule has 2 aliphatic heterocycles. The summed E-state index contributed by atoms with van der Waals surface area (Å²) < 4.78 is 7.10. The topological polar surface area (TPSA) is 51.5 Å². The summed E-state index contributed by atoms with van der Waals surface area (Å²) in [5.74, 6) is 0.577. The van der Waals surface area contributed by atoms with E-state index in [2.05, 4.69) is 88.2 Å². The van der Waals surface area contributed by atoms with Crippen LogP contribution in [-0.4, -0.2) is 48.6 Å². The van der Waals surface area contributed by atoms with Crippen molar-refractivity contribution in [1.29, 1.82) is 0 Å². The Morgan fingerprint density at radius 3 is 2.07 bits per heavy atom. The summed E-state index contributed by atoms with van der Waals surface area (Å²) in [7, 11) is 2.23. The Balaban J connectivity index is 0.000000163. The zero-order valence-corrected chi connectivity index (χ0v) is 27.9. The van der Waals surface area contributed by atoms with Crippen molar-refractivity contribution in [2.45, 2.75) is 78.2 Å². The van der Waals surface area contributed by atoms with Crippen molar-refractivity contribution in [3.63, 3.8) is 0 Å². The van der Waals surface area contributed by atoms with Gasteiger partial charge in [0.05, 0.1) is 13.2 Å². The van der Waals surface area contributed by atoms with Crippen LogP contribution in [0.4, 0.5) is 0 Å². The largest absolute Gasteiger partial charge is 0.373 e. The number of aromatic nitrogens is 1. The molecular formula is C40H48N2O3. The minimum atomic E-state index is -0.0721. The van der Waals surface area contributed by atoms with Gasteiger partial charge in [-0.2, -0.15) is 0 Å². The third-order valence-corrected chi connectivity index (χ3v) is 10.4. The zero-order valence-electron chi connectivity index (χ0n) is 27.9. The highest BCUT2D eigenvalue weighted by atomic mass is 16.5. The molecule has 2 aromatic carbocycles. The molecule has 4 aliphatic rings. The number of hydrogen-bond donors (Lipinski definition) is 0. The molecule has 5 heteroatoms. The van der Waals surface area contributed by atoms with Gasteiger partial charge < -0.3 is 14.2 Å². The van der Waals surface area contributed by atoms with Crippen molar-refractivity contribution >= 4 is 16.9 Å². The van der Waals surface area contributed by atoms with Crippen LogP contribution in [0.15, 0.2) is 77.2 Å². The normalized spacial score (nSPS) is 19.4. The van der Waals surface area contributed by atoms with E-state index in [1.807, 2.05) is 6.08 Å². The third-order valence-electron chi connectivity index (χ3n) is 10.4. The fourth-order valence-corrected chi connectivity index (χ4v) is 7.52. The first-order valence-corrected chi connectivity index (χ1v) is 16.7. The highest BCUT2D eigenvalue weighted by molar-refractivity contribution is 5.94. The van der Waals surface area contributed by atoms with Crippen LogP contribution < -0.4 is 5.56 Å². The van der Waals surface area contributed by atoms with Crippen LogP contribution in [0.3, 0.4) is 0 Å². The summed E-state index contributed by atoms with van der Waals surface area (Å²) >= 11 is 0. The maximum atomic E-state index is 12.7. The Labute approximate surface area is 268 Å². The lowest BCUT2D eigenvalue weighted by Crippen LogP contribution is -2.58. The molecule has 3 heterocycles. The van der Waals surface area contributed by atoms with Gasteiger partial charge in [0, 0.05) is 41.4 Å². The Bertz CT molecular complexity index is 1690. The number of allylic oxidation sites excluding steroid dienone is 1. The number of nitrogens with zero attached hydrogens (tertiary/aromatic N) is 2. The maximum Gasteiger partial charge on any atom is 0.258 e. The molecule has 45 heavy (non-hydrogen) atoms. The van der Waals surface area contributed by atoms with Gasteiger partial charge >= 0.3 is 0 Å². The minimum Gasteiger partial charge on any atom is -0.373 e. The summed E-state index contributed by atoms with van der Waals surface area (Å²) in [6.45, 7) is 13.9. The molecule has 1 spiro atoms. The van der Waals surface area contributed by atoms with E-state index in [9.17, 15) is 9.59 Å². The van der Waals surface area contributed by atoms with Crippen LogP contribution >= 0.6 is 0 Å². The molecule has 1 saturated heterocycles. The molecule has 0 N–H and O–H groups in total. The van der Waals surface area contributed by atoms with Crippen molar-refractivity contribution in [3.05, 3.63) is 116 Å². The first-order chi connectivity index (χ1) is 21.5. The fourth-order valence-electron chi connectivity index (χ4n) is 7.52. The minimum absolute atomic E-state index is 0.00565. The molecule has 1 aromatic heterocycles. The maximum absolute atomic E-state index is 12.7. The van der Waals surface area contributed by atoms with E-state index in [1.54, 1.807) is 29.3 Å². The fraction of sp³-hybridized carbons (Fsp3) is 0.450. The van der Waals surface area contributed by atoms with E-state index < -0.39 is 0 Å². The van der Waals surface area contributed by atoms with Crippen LogP contribution in [0.5, 0.6) is 0 Å². The number of ether oxygens (including phenoxy) is 1. The molecule has 2 aliphatic carbocycles. The molecule has 0 unspecified atom stereocenters. The lowest BCUT2D eigenvalue weighted by Gasteiger charge is -2.56. The summed E-state index contributed by atoms with van der Waals surface area (Å²) in [5.41, 5.74) is 11.3. The zero-order chi connectivity index (χ0) is 31.9. The number of Topliss-reactive ketones (excluding diaryl/α,β-unsaturated/α-hetero) is 1. The number of carbonyl (C=O) groups is 1. The molecule has 236 valence electrons. The second-order valence-electron chi connectivity index (χ2n) is 14.3. The number of aryl methyl sites for hydroxylation is 1. The van der Waals surface area contributed by atoms with Gasteiger partial charge in [-0.05, 0) is 92.8 Å². The van der Waals surface area contributed by atoms with Gasteiger partial charge in [0.15, 0.2) is 5.78 Å². The summed E-state index contributed by atoms with van der Waals surface area (Å²) in [4.78, 5) is 26.9. The third kappa shape index (κ3) is 6.30. The predicted octanol–water partition coefficient (Wildman–Crippen LogP) is 8.01.